The van der Waals surface area contributed by atoms with Crippen molar-refractivity contribution in [3.05, 3.63) is 53.6 Å². The maximum absolute atomic E-state index is 12.7. The molecule has 0 fully saturated rings. The molecule has 0 spiro atoms. The van der Waals surface area contributed by atoms with Crippen LogP contribution in [0.5, 0.6) is 11.5 Å². The van der Waals surface area contributed by atoms with Gasteiger partial charge in [0.25, 0.3) is 0 Å². The number of carbonyl (C=O) groups excluding carboxylic acids is 2. The van der Waals surface area contributed by atoms with Crippen molar-refractivity contribution in [3.63, 3.8) is 0 Å². The monoisotopic (exact) mass is 437 g/mol. The fourth-order valence-electron chi connectivity index (χ4n) is 2.49. The first-order chi connectivity index (χ1) is 14.7. The van der Waals surface area contributed by atoms with Crippen LogP contribution in [0.1, 0.15) is 30.9 Å². The lowest BCUT2D eigenvalue weighted by Crippen LogP contribution is -2.24. The largest absolute Gasteiger partial charge is 0.493 e. The molecule has 166 valence electrons. The van der Waals surface area contributed by atoms with E-state index in [1.807, 2.05) is 6.92 Å². The third-order valence-corrected chi connectivity index (χ3v) is 3.87. The zero-order valence-corrected chi connectivity index (χ0v) is 17.0. The fourth-order valence-corrected chi connectivity index (χ4v) is 2.49. The summed E-state index contributed by atoms with van der Waals surface area (Å²) in [5, 5.41) is 6.06. The number of hydrogen-bond donors (Lipinski definition) is 2. The molecule has 0 saturated carbocycles. The first-order valence-corrected chi connectivity index (χ1v) is 9.33. The molecule has 0 atom stereocenters. The van der Waals surface area contributed by atoms with E-state index in [1.54, 1.807) is 18.2 Å². The predicted molar refractivity (Wildman–Crippen MR) is 109 cm³/mol. The number of anilines is 1. The van der Waals surface area contributed by atoms with Crippen molar-refractivity contribution in [3.8, 4) is 11.5 Å². The first-order valence-electron chi connectivity index (χ1n) is 9.33. The molecule has 2 aromatic carbocycles. The second-order valence-corrected chi connectivity index (χ2v) is 6.32. The van der Waals surface area contributed by atoms with Crippen LogP contribution in [0, 0.1) is 0 Å². The summed E-state index contributed by atoms with van der Waals surface area (Å²) >= 11 is 0. The number of ether oxygens (including phenoxy) is 2. The molecular formula is C21H22F3N3O4. The number of alkyl halides is 3. The van der Waals surface area contributed by atoms with Crippen LogP contribution in [0.3, 0.4) is 0 Å². The number of hydrazone groups is 1. The van der Waals surface area contributed by atoms with Crippen LogP contribution < -0.4 is 20.2 Å². The molecule has 0 bridgehead atoms. The maximum Gasteiger partial charge on any atom is 0.416 e. The van der Waals surface area contributed by atoms with Gasteiger partial charge < -0.3 is 14.8 Å². The molecule has 2 aromatic rings. The van der Waals surface area contributed by atoms with E-state index in [1.165, 1.54) is 19.4 Å². The number of benzene rings is 2. The van der Waals surface area contributed by atoms with E-state index in [2.05, 4.69) is 15.8 Å². The number of nitrogens with zero attached hydrogens (tertiary/aromatic N) is 1. The van der Waals surface area contributed by atoms with Gasteiger partial charge in [-0.25, -0.2) is 5.43 Å². The zero-order valence-electron chi connectivity index (χ0n) is 17.0. The van der Waals surface area contributed by atoms with Crippen LogP contribution in [0.25, 0.3) is 0 Å². The quantitative estimate of drug-likeness (QED) is 0.353. The van der Waals surface area contributed by atoms with Gasteiger partial charge in [0.05, 0.1) is 25.5 Å². The third kappa shape index (κ3) is 7.32. The van der Waals surface area contributed by atoms with E-state index in [0.29, 0.717) is 23.7 Å². The Balaban J connectivity index is 1.95. The maximum atomic E-state index is 12.7. The highest BCUT2D eigenvalue weighted by atomic mass is 19.4. The Kier molecular flexibility index (Phi) is 8.42. The van der Waals surface area contributed by atoms with Crippen LogP contribution in [0.15, 0.2) is 47.6 Å². The highest BCUT2D eigenvalue weighted by molar-refractivity contribution is 6.03. The minimum atomic E-state index is -4.54. The Morgan fingerprint density at radius 1 is 1.13 bits per heavy atom. The molecule has 0 radical (unpaired) electrons. The molecule has 31 heavy (non-hydrogen) atoms. The van der Waals surface area contributed by atoms with Gasteiger partial charge in [-0.1, -0.05) is 19.1 Å². The number of rotatable bonds is 9. The minimum Gasteiger partial charge on any atom is -0.493 e. The van der Waals surface area contributed by atoms with E-state index in [-0.39, 0.29) is 5.69 Å². The summed E-state index contributed by atoms with van der Waals surface area (Å²) in [6.45, 7) is 2.41. The Morgan fingerprint density at radius 2 is 1.87 bits per heavy atom. The van der Waals surface area contributed by atoms with E-state index >= 15 is 0 Å². The number of halogens is 3. The highest BCUT2D eigenvalue weighted by Crippen LogP contribution is 2.31. The Labute approximate surface area is 177 Å². The van der Waals surface area contributed by atoms with Gasteiger partial charge in [0.15, 0.2) is 11.5 Å². The van der Waals surface area contributed by atoms with Gasteiger partial charge in [-0.15, -0.1) is 0 Å². The van der Waals surface area contributed by atoms with Gasteiger partial charge in [0.1, 0.15) is 6.42 Å². The third-order valence-electron chi connectivity index (χ3n) is 3.87. The highest BCUT2D eigenvalue weighted by Gasteiger charge is 2.30. The smallest absolute Gasteiger partial charge is 0.416 e. The average Bonchev–Trinajstić information content (AvgIpc) is 2.72. The molecule has 7 nitrogen and oxygen atoms in total. The van der Waals surface area contributed by atoms with E-state index < -0.39 is 30.0 Å². The summed E-state index contributed by atoms with van der Waals surface area (Å²) < 4.78 is 49.1. The standard InChI is InChI=1S/C21H22F3N3O4/c1-3-10-31-20-14(6-4-9-17(20)30-2)13-25-27-19(29)12-18(28)26-16-8-5-7-15(11-16)21(22,23)24/h4-9,11,13H,3,10,12H2,1-2H3,(H,26,28)(H,27,29). The summed E-state index contributed by atoms with van der Waals surface area (Å²) in [5.74, 6) is -0.545. The van der Waals surface area contributed by atoms with Gasteiger partial charge >= 0.3 is 6.18 Å². The molecule has 2 amide bonds. The van der Waals surface area contributed by atoms with Gasteiger partial charge in [0.2, 0.25) is 11.8 Å². The number of nitrogens with one attached hydrogen (secondary N) is 2. The topological polar surface area (TPSA) is 89.0 Å². The van der Waals surface area contributed by atoms with Crippen LogP contribution in [-0.4, -0.2) is 31.7 Å². The minimum absolute atomic E-state index is 0.0646. The van der Waals surface area contributed by atoms with Gasteiger partial charge in [-0.2, -0.15) is 18.3 Å². The lowest BCUT2D eigenvalue weighted by atomic mass is 10.2. The molecule has 10 heteroatoms. The molecule has 0 unspecified atom stereocenters. The summed E-state index contributed by atoms with van der Waals surface area (Å²) in [4.78, 5) is 23.8. The molecule has 0 aromatic heterocycles. The molecule has 0 aliphatic rings. The van der Waals surface area contributed by atoms with Crippen molar-refractivity contribution in [2.45, 2.75) is 25.9 Å². The summed E-state index contributed by atoms with van der Waals surface area (Å²) in [7, 11) is 1.50. The molecular weight excluding hydrogens is 415 g/mol. The number of hydrogen-bond acceptors (Lipinski definition) is 5. The molecule has 2 rings (SSSR count). The van der Waals surface area contributed by atoms with Crippen LogP contribution in [0.4, 0.5) is 18.9 Å². The molecule has 0 saturated heterocycles. The lowest BCUT2D eigenvalue weighted by Gasteiger charge is -2.12. The number of amides is 2. The van der Waals surface area contributed by atoms with Crippen molar-refractivity contribution >= 4 is 23.7 Å². The normalized spacial score (nSPS) is 11.3. The Morgan fingerprint density at radius 3 is 2.55 bits per heavy atom. The molecule has 2 N–H and O–H groups in total. The van der Waals surface area contributed by atoms with E-state index in [4.69, 9.17) is 9.47 Å². The van der Waals surface area contributed by atoms with Crippen molar-refractivity contribution in [1.82, 2.24) is 5.43 Å². The summed E-state index contributed by atoms with van der Waals surface area (Å²) in [6.07, 6.45) is -3.03. The van der Waals surface area contributed by atoms with Crippen LogP contribution >= 0.6 is 0 Å². The SMILES string of the molecule is CCCOc1c(C=NNC(=O)CC(=O)Nc2cccc(C(F)(F)F)c2)cccc1OC. The van der Waals surface area contributed by atoms with Crippen molar-refractivity contribution in [2.24, 2.45) is 5.10 Å². The van der Waals surface area contributed by atoms with E-state index in [0.717, 1.165) is 24.6 Å². The summed E-state index contributed by atoms with van der Waals surface area (Å²) in [6, 6.07) is 9.29. The number of methoxy groups -OCH3 is 1. The Hall–Kier alpha value is -3.56. The zero-order chi connectivity index (χ0) is 22.9. The van der Waals surface area contributed by atoms with Gasteiger partial charge in [-0.3, -0.25) is 9.59 Å². The van der Waals surface area contributed by atoms with Crippen LogP contribution in [-0.2, 0) is 15.8 Å². The second-order valence-electron chi connectivity index (χ2n) is 6.32. The molecule has 0 aliphatic heterocycles. The number of carbonyl (C=O) groups is 2. The van der Waals surface area contributed by atoms with Gasteiger partial charge in [-0.05, 0) is 36.8 Å². The second kappa shape index (κ2) is 11.0. The number of para-hydroxylation sites is 1. The van der Waals surface area contributed by atoms with Crippen molar-refractivity contribution in [1.29, 1.82) is 0 Å². The van der Waals surface area contributed by atoms with E-state index in [9.17, 15) is 22.8 Å². The fraction of sp³-hybridized carbons (Fsp3) is 0.286. The average molecular weight is 437 g/mol. The van der Waals surface area contributed by atoms with Crippen LogP contribution in [0.2, 0.25) is 0 Å². The summed E-state index contributed by atoms with van der Waals surface area (Å²) in [5.41, 5.74) is 1.79. The molecule has 0 heterocycles. The molecule has 0 aliphatic carbocycles. The van der Waals surface area contributed by atoms with Crippen molar-refractivity contribution < 1.29 is 32.2 Å². The Bertz CT molecular complexity index is 946. The van der Waals surface area contributed by atoms with Gasteiger partial charge in [0, 0.05) is 11.3 Å². The lowest BCUT2D eigenvalue weighted by molar-refractivity contribution is -0.137. The first kappa shape index (κ1) is 23.7. The van der Waals surface area contributed by atoms with Crippen molar-refractivity contribution in [2.75, 3.05) is 19.0 Å². The predicted octanol–water partition coefficient (Wildman–Crippen LogP) is 3.98.